The number of halogens is 1. The summed E-state index contributed by atoms with van der Waals surface area (Å²) in [4.78, 5) is 24.9. The molecule has 0 unspecified atom stereocenters. The molecule has 1 amide bonds. The molecule has 0 aliphatic carbocycles. The normalized spacial score (nSPS) is 11.6. The number of carbonyl (C=O) groups is 2. The monoisotopic (exact) mass is 369 g/mol. The molecule has 26 heavy (non-hydrogen) atoms. The van der Waals surface area contributed by atoms with Crippen LogP contribution in [0.1, 0.15) is 27.8 Å². The van der Waals surface area contributed by atoms with Crippen LogP contribution < -0.4 is 5.32 Å². The second-order valence-electron chi connectivity index (χ2n) is 5.52. The standard InChI is InChI=1S/C20H16ClNO4/c21-16-10-8-15(9-11-16)18(26-20(24)17-7-4-12-25-17)19(23)22-13-14-5-2-1-3-6-14/h1-12,18H,13H2,(H,22,23)/t18-/m1/s1. The lowest BCUT2D eigenvalue weighted by atomic mass is 10.1. The quantitative estimate of drug-likeness (QED) is 0.663. The van der Waals surface area contributed by atoms with Gasteiger partial charge in [0.1, 0.15) is 0 Å². The van der Waals surface area contributed by atoms with E-state index >= 15 is 0 Å². The van der Waals surface area contributed by atoms with Crippen LogP contribution in [0.4, 0.5) is 0 Å². The van der Waals surface area contributed by atoms with E-state index in [0.717, 1.165) is 5.56 Å². The summed E-state index contributed by atoms with van der Waals surface area (Å²) in [5.74, 6) is -1.12. The van der Waals surface area contributed by atoms with Crippen molar-refractivity contribution in [2.45, 2.75) is 12.6 Å². The Hall–Kier alpha value is -3.05. The van der Waals surface area contributed by atoms with E-state index < -0.39 is 18.0 Å². The van der Waals surface area contributed by atoms with Crippen LogP contribution in [-0.2, 0) is 16.1 Å². The molecule has 5 nitrogen and oxygen atoms in total. The molecular formula is C20H16ClNO4. The Kier molecular flexibility index (Phi) is 5.71. The Bertz CT molecular complexity index is 861. The predicted molar refractivity (Wildman–Crippen MR) is 96.6 cm³/mol. The first-order chi connectivity index (χ1) is 12.6. The SMILES string of the molecule is O=C(O[C@@H](C(=O)NCc1ccccc1)c1ccc(Cl)cc1)c1ccco1. The smallest absolute Gasteiger partial charge is 0.375 e. The van der Waals surface area contributed by atoms with Crippen LogP contribution in [-0.4, -0.2) is 11.9 Å². The summed E-state index contributed by atoms with van der Waals surface area (Å²) >= 11 is 5.90. The van der Waals surface area contributed by atoms with Gasteiger partial charge in [0.2, 0.25) is 11.9 Å². The number of hydrogen-bond acceptors (Lipinski definition) is 4. The number of hydrogen-bond donors (Lipinski definition) is 1. The van der Waals surface area contributed by atoms with Crippen LogP contribution in [0.5, 0.6) is 0 Å². The molecule has 1 aromatic heterocycles. The maximum absolute atomic E-state index is 12.7. The van der Waals surface area contributed by atoms with E-state index in [-0.39, 0.29) is 5.76 Å². The van der Waals surface area contributed by atoms with Gasteiger partial charge < -0.3 is 14.5 Å². The van der Waals surface area contributed by atoms with Crippen LogP contribution in [0.2, 0.25) is 5.02 Å². The number of esters is 1. The molecule has 1 N–H and O–H groups in total. The second kappa shape index (κ2) is 8.36. The van der Waals surface area contributed by atoms with E-state index in [2.05, 4.69) is 5.32 Å². The Morgan fingerprint density at radius 3 is 2.38 bits per heavy atom. The fourth-order valence-electron chi connectivity index (χ4n) is 2.35. The maximum atomic E-state index is 12.7. The molecule has 0 saturated heterocycles. The van der Waals surface area contributed by atoms with Gasteiger partial charge in [0.15, 0.2) is 0 Å². The number of ether oxygens (including phenoxy) is 1. The number of amides is 1. The number of furan rings is 1. The average Bonchev–Trinajstić information content (AvgIpc) is 3.21. The molecule has 0 fully saturated rings. The van der Waals surface area contributed by atoms with E-state index in [1.165, 1.54) is 12.3 Å². The van der Waals surface area contributed by atoms with Crippen molar-refractivity contribution in [2.75, 3.05) is 0 Å². The number of carbonyl (C=O) groups excluding carboxylic acids is 2. The molecule has 0 spiro atoms. The van der Waals surface area contributed by atoms with Crippen LogP contribution in [0.15, 0.2) is 77.4 Å². The lowest BCUT2D eigenvalue weighted by molar-refractivity contribution is -0.130. The molecule has 0 bridgehead atoms. The van der Waals surface area contributed by atoms with Crippen molar-refractivity contribution in [1.29, 1.82) is 0 Å². The van der Waals surface area contributed by atoms with Crippen LogP contribution in [0.3, 0.4) is 0 Å². The molecule has 0 saturated carbocycles. The number of nitrogens with one attached hydrogen (secondary N) is 1. The summed E-state index contributed by atoms with van der Waals surface area (Å²) in [6.45, 7) is 0.321. The Morgan fingerprint density at radius 2 is 1.73 bits per heavy atom. The highest BCUT2D eigenvalue weighted by molar-refractivity contribution is 6.30. The van der Waals surface area contributed by atoms with Crippen molar-refractivity contribution < 1.29 is 18.7 Å². The summed E-state index contributed by atoms with van der Waals surface area (Å²) < 4.78 is 10.4. The molecule has 132 valence electrons. The van der Waals surface area contributed by atoms with Gasteiger partial charge in [0.05, 0.1) is 6.26 Å². The minimum absolute atomic E-state index is 0.0276. The highest BCUT2D eigenvalue weighted by Gasteiger charge is 2.26. The van der Waals surface area contributed by atoms with Crippen LogP contribution >= 0.6 is 11.6 Å². The molecule has 0 aliphatic heterocycles. The zero-order valence-electron chi connectivity index (χ0n) is 13.7. The third-order valence-corrected chi connectivity index (χ3v) is 3.92. The van der Waals surface area contributed by atoms with Crippen molar-refractivity contribution in [3.05, 3.63) is 94.9 Å². The van der Waals surface area contributed by atoms with Gasteiger partial charge in [0.25, 0.3) is 5.91 Å². The largest absolute Gasteiger partial charge is 0.457 e. The molecule has 3 aromatic rings. The van der Waals surface area contributed by atoms with E-state index in [0.29, 0.717) is 17.1 Å². The molecule has 1 atom stereocenters. The van der Waals surface area contributed by atoms with Gasteiger partial charge in [-0.3, -0.25) is 4.79 Å². The summed E-state index contributed by atoms with van der Waals surface area (Å²) in [6, 6.07) is 19.1. The van der Waals surface area contributed by atoms with Crippen LogP contribution in [0.25, 0.3) is 0 Å². The molecule has 6 heteroatoms. The molecule has 1 heterocycles. The van der Waals surface area contributed by atoms with Crippen molar-refractivity contribution in [1.82, 2.24) is 5.32 Å². The highest BCUT2D eigenvalue weighted by Crippen LogP contribution is 2.22. The van der Waals surface area contributed by atoms with Gasteiger partial charge in [0, 0.05) is 17.1 Å². The van der Waals surface area contributed by atoms with Gasteiger partial charge in [-0.2, -0.15) is 0 Å². The maximum Gasteiger partial charge on any atom is 0.375 e. The van der Waals surface area contributed by atoms with E-state index in [4.69, 9.17) is 20.8 Å². The average molecular weight is 370 g/mol. The van der Waals surface area contributed by atoms with E-state index in [1.54, 1.807) is 30.3 Å². The van der Waals surface area contributed by atoms with Crippen molar-refractivity contribution in [3.63, 3.8) is 0 Å². The Labute approximate surface area is 155 Å². The zero-order valence-corrected chi connectivity index (χ0v) is 14.5. The molecule has 3 rings (SSSR count). The third kappa shape index (κ3) is 4.52. The first-order valence-corrected chi connectivity index (χ1v) is 8.33. The van der Waals surface area contributed by atoms with E-state index in [1.807, 2.05) is 30.3 Å². The van der Waals surface area contributed by atoms with E-state index in [9.17, 15) is 9.59 Å². The molecular weight excluding hydrogens is 354 g/mol. The fourth-order valence-corrected chi connectivity index (χ4v) is 2.47. The second-order valence-corrected chi connectivity index (χ2v) is 5.95. The summed E-state index contributed by atoms with van der Waals surface area (Å²) in [6.07, 6.45) is 0.247. The third-order valence-electron chi connectivity index (χ3n) is 3.67. The lowest BCUT2D eigenvalue weighted by Gasteiger charge is -2.17. The van der Waals surface area contributed by atoms with Gasteiger partial charge >= 0.3 is 5.97 Å². The summed E-state index contributed by atoms with van der Waals surface area (Å²) in [5.41, 5.74) is 1.45. The predicted octanol–water partition coefficient (Wildman–Crippen LogP) is 4.15. The zero-order chi connectivity index (χ0) is 18.4. The highest BCUT2D eigenvalue weighted by atomic mass is 35.5. The fraction of sp³-hybridized carbons (Fsp3) is 0.100. The Morgan fingerprint density at radius 1 is 1.00 bits per heavy atom. The van der Waals surface area contributed by atoms with Gasteiger partial charge in [-0.1, -0.05) is 54.1 Å². The van der Waals surface area contributed by atoms with Gasteiger partial charge in [-0.15, -0.1) is 0 Å². The molecule has 0 aliphatic rings. The molecule has 0 radical (unpaired) electrons. The minimum atomic E-state index is -1.12. The Balaban J connectivity index is 1.76. The van der Waals surface area contributed by atoms with Gasteiger partial charge in [-0.05, 0) is 29.8 Å². The lowest BCUT2D eigenvalue weighted by Crippen LogP contribution is -2.31. The van der Waals surface area contributed by atoms with Crippen molar-refractivity contribution in [3.8, 4) is 0 Å². The first-order valence-electron chi connectivity index (χ1n) is 7.95. The first kappa shape index (κ1) is 17.8. The van der Waals surface area contributed by atoms with Gasteiger partial charge in [-0.25, -0.2) is 4.79 Å². The minimum Gasteiger partial charge on any atom is -0.457 e. The number of rotatable bonds is 6. The van der Waals surface area contributed by atoms with Crippen LogP contribution in [0, 0.1) is 0 Å². The summed E-state index contributed by atoms with van der Waals surface area (Å²) in [7, 11) is 0. The van der Waals surface area contributed by atoms with Crippen molar-refractivity contribution in [2.24, 2.45) is 0 Å². The topological polar surface area (TPSA) is 68.5 Å². The summed E-state index contributed by atoms with van der Waals surface area (Å²) in [5, 5.41) is 3.31. The number of benzene rings is 2. The molecule has 2 aromatic carbocycles. The van der Waals surface area contributed by atoms with Crippen molar-refractivity contribution >= 4 is 23.5 Å².